The van der Waals surface area contributed by atoms with E-state index in [1.807, 2.05) is 19.1 Å². The van der Waals surface area contributed by atoms with Gasteiger partial charge in [-0.3, -0.25) is 29.3 Å². The first-order valence-electron chi connectivity index (χ1n) is 11.8. The Morgan fingerprint density at radius 3 is 2.69 bits per heavy atom. The average molecular weight is 474 g/mol. The lowest BCUT2D eigenvalue weighted by atomic mass is 10.1. The standard InChI is InChI=1S/C25H27N7O3/c1-3-13-31-22-21(24(34)32(25(31)35)18-8-9-18)28-19(29-22)10-6-16-7-11-20(27-14-16)30(2)23(33)17-5-4-12-26-15-17/h4-7,10-12,14-15,18,21-22H,3,8-9,13H2,1-2H3,(H,28,29)/b10-6+. The molecule has 0 spiro atoms. The molecular weight excluding hydrogens is 446 g/mol. The second kappa shape index (κ2) is 9.28. The van der Waals surface area contributed by atoms with Crippen LogP contribution in [0.5, 0.6) is 0 Å². The highest BCUT2D eigenvalue weighted by Crippen LogP contribution is 2.33. The van der Waals surface area contributed by atoms with Crippen LogP contribution in [0.4, 0.5) is 10.6 Å². The molecule has 2 unspecified atom stereocenters. The maximum Gasteiger partial charge on any atom is 0.328 e. The Bertz CT molecular complexity index is 1190. The van der Waals surface area contributed by atoms with E-state index in [0.717, 1.165) is 24.8 Å². The normalized spacial score (nSPS) is 21.7. The van der Waals surface area contributed by atoms with Gasteiger partial charge in [0.05, 0.1) is 5.56 Å². The maximum absolute atomic E-state index is 13.0. The van der Waals surface area contributed by atoms with Crippen molar-refractivity contribution >= 4 is 35.6 Å². The predicted molar refractivity (Wildman–Crippen MR) is 131 cm³/mol. The van der Waals surface area contributed by atoms with Crippen molar-refractivity contribution < 1.29 is 14.4 Å². The van der Waals surface area contributed by atoms with Crippen molar-refractivity contribution in [2.45, 2.75) is 44.4 Å². The largest absolute Gasteiger partial charge is 0.355 e. The molecule has 0 aromatic carbocycles. The summed E-state index contributed by atoms with van der Waals surface area (Å²) in [5.41, 5.74) is 1.29. The topological polar surface area (TPSA) is 111 Å². The Morgan fingerprint density at radius 2 is 2.03 bits per heavy atom. The summed E-state index contributed by atoms with van der Waals surface area (Å²) >= 11 is 0. The van der Waals surface area contributed by atoms with Gasteiger partial charge < -0.3 is 5.32 Å². The molecule has 2 aliphatic heterocycles. The van der Waals surface area contributed by atoms with E-state index >= 15 is 0 Å². The molecule has 2 aromatic rings. The average Bonchev–Trinajstić information content (AvgIpc) is 3.63. The van der Waals surface area contributed by atoms with Crippen LogP contribution in [0.1, 0.15) is 42.1 Å². The number of pyridine rings is 2. The van der Waals surface area contributed by atoms with Crippen LogP contribution in [-0.2, 0) is 4.79 Å². The second-order valence-electron chi connectivity index (χ2n) is 8.85. The molecule has 2 atom stereocenters. The van der Waals surface area contributed by atoms with Crippen molar-refractivity contribution in [3.8, 4) is 0 Å². The van der Waals surface area contributed by atoms with Crippen LogP contribution in [0.3, 0.4) is 0 Å². The molecule has 35 heavy (non-hydrogen) atoms. The maximum atomic E-state index is 13.0. The van der Waals surface area contributed by atoms with Gasteiger partial charge in [-0.1, -0.05) is 6.92 Å². The quantitative estimate of drug-likeness (QED) is 0.661. The van der Waals surface area contributed by atoms with E-state index in [1.165, 1.54) is 16.0 Å². The molecule has 4 amide bonds. The van der Waals surface area contributed by atoms with E-state index in [1.54, 1.807) is 48.6 Å². The van der Waals surface area contributed by atoms with Gasteiger partial charge in [0.25, 0.3) is 11.8 Å². The molecule has 1 N–H and O–H groups in total. The number of fused-ring (bicyclic) bond motifs is 1. The Kier molecular flexibility index (Phi) is 6.02. The number of rotatable bonds is 7. The van der Waals surface area contributed by atoms with Gasteiger partial charge in [-0.2, -0.15) is 0 Å². The van der Waals surface area contributed by atoms with Crippen molar-refractivity contribution in [1.29, 1.82) is 0 Å². The molecule has 1 saturated carbocycles. The van der Waals surface area contributed by atoms with Gasteiger partial charge in [-0.05, 0) is 61.2 Å². The summed E-state index contributed by atoms with van der Waals surface area (Å²) in [6.07, 6.45) is 10.4. The molecule has 2 aromatic heterocycles. The van der Waals surface area contributed by atoms with Crippen molar-refractivity contribution in [2.75, 3.05) is 18.5 Å². The summed E-state index contributed by atoms with van der Waals surface area (Å²) in [4.78, 5) is 56.1. The summed E-state index contributed by atoms with van der Waals surface area (Å²) in [7, 11) is 1.66. The molecule has 3 aliphatic rings. The molecule has 4 heterocycles. The van der Waals surface area contributed by atoms with Crippen LogP contribution in [0.25, 0.3) is 6.08 Å². The Labute approximate surface area is 203 Å². The molecule has 5 rings (SSSR count). The first-order valence-corrected chi connectivity index (χ1v) is 11.8. The first kappa shape index (κ1) is 22.7. The minimum Gasteiger partial charge on any atom is -0.355 e. The molecule has 0 bridgehead atoms. The highest BCUT2D eigenvalue weighted by Gasteiger charge is 2.52. The number of nitrogens with one attached hydrogen (secondary N) is 1. The molecule has 2 fully saturated rings. The van der Waals surface area contributed by atoms with Gasteiger partial charge in [0.2, 0.25) is 0 Å². The van der Waals surface area contributed by atoms with Crippen LogP contribution in [0.15, 0.2) is 53.9 Å². The number of aliphatic imine (C=N–C) groups is 1. The summed E-state index contributed by atoms with van der Waals surface area (Å²) in [6.45, 7) is 2.56. The van der Waals surface area contributed by atoms with Crippen LogP contribution >= 0.6 is 0 Å². The van der Waals surface area contributed by atoms with E-state index in [0.29, 0.717) is 23.8 Å². The number of imide groups is 1. The zero-order chi connectivity index (χ0) is 24.5. The number of hydrogen-bond donors (Lipinski definition) is 1. The highest BCUT2D eigenvalue weighted by atomic mass is 16.2. The van der Waals surface area contributed by atoms with Crippen LogP contribution < -0.4 is 10.2 Å². The third-order valence-corrected chi connectivity index (χ3v) is 6.29. The number of amidine groups is 1. The number of carbonyl (C=O) groups is 3. The van der Waals surface area contributed by atoms with Gasteiger partial charge in [0.1, 0.15) is 17.7 Å². The van der Waals surface area contributed by atoms with Gasteiger partial charge in [-0.15, -0.1) is 0 Å². The number of aromatic nitrogens is 2. The van der Waals surface area contributed by atoms with Gasteiger partial charge >= 0.3 is 6.03 Å². The predicted octanol–water partition coefficient (Wildman–Crippen LogP) is 2.30. The third kappa shape index (κ3) is 4.39. The lowest BCUT2D eigenvalue weighted by Crippen LogP contribution is -2.66. The Balaban J connectivity index is 1.28. The second-order valence-corrected chi connectivity index (χ2v) is 8.85. The van der Waals surface area contributed by atoms with E-state index < -0.39 is 12.2 Å². The van der Waals surface area contributed by atoms with Crippen LogP contribution in [-0.4, -0.2) is 75.3 Å². The monoisotopic (exact) mass is 473 g/mol. The summed E-state index contributed by atoms with van der Waals surface area (Å²) in [5, 5.41) is 3.20. The molecule has 180 valence electrons. The minimum absolute atomic E-state index is 0.0180. The number of carbonyl (C=O) groups excluding carboxylic acids is 3. The fraction of sp³-hybridized carbons (Fsp3) is 0.360. The third-order valence-electron chi connectivity index (χ3n) is 6.29. The molecule has 1 saturated heterocycles. The van der Waals surface area contributed by atoms with Crippen molar-refractivity contribution in [3.63, 3.8) is 0 Å². The molecule has 1 aliphatic carbocycles. The zero-order valence-corrected chi connectivity index (χ0v) is 19.7. The summed E-state index contributed by atoms with van der Waals surface area (Å²) < 4.78 is 0. The molecule has 10 nitrogen and oxygen atoms in total. The molecule has 10 heteroatoms. The number of anilines is 1. The SMILES string of the molecule is CCCN1C(=O)N(C2CC2)C(=O)C2NC(/C=C/c3ccc(N(C)C(=O)c4cccnc4)nc3)=NC21. The fourth-order valence-electron chi connectivity index (χ4n) is 4.31. The van der Waals surface area contributed by atoms with Gasteiger partial charge in [0, 0.05) is 38.2 Å². The lowest BCUT2D eigenvalue weighted by molar-refractivity contribution is -0.135. The van der Waals surface area contributed by atoms with Gasteiger partial charge in [0.15, 0.2) is 6.17 Å². The first-order chi connectivity index (χ1) is 17.0. The minimum atomic E-state index is -0.563. The summed E-state index contributed by atoms with van der Waals surface area (Å²) in [5.74, 6) is 0.664. The Morgan fingerprint density at radius 1 is 1.20 bits per heavy atom. The summed E-state index contributed by atoms with van der Waals surface area (Å²) in [6, 6.07) is 6.25. The number of amides is 4. The van der Waals surface area contributed by atoms with Crippen LogP contribution in [0, 0.1) is 0 Å². The lowest BCUT2D eigenvalue weighted by Gasteiger charge is -2.40. The van der Waals surface area contributed by atoms with Crippen molar-refractivity contribution in [2.24, 2.45) is 4.99 Å². The van der Waals surface area contributed by atoms with E-state index in [4.69, 9.17) is 0 Å². The fourth-order valence-corrected chi connectivity index (χ4v) is 4.31. The Hall–Kier alpha value is -4.08. The number of hydrogen-bond acceptors (Lipinski definition) is 7. The van der Waals surface area contributed by atoms with E-state index in [-0.39, 0.29) is 23.9 Å². The van der Waals surface area contributed by atoms with Crippen LogP contribution in [0.2, 0.25) is 0 Å². The molecular formula is C25H27N7O3. The zero-order valence-electron chi connectivity index (χ0n) is 19.7. The van der Waals surface area contributed by atoms with Gasteiger partial charge in [-0.25, -0.2) is 14.8 Å². The smallest absolute Gasteiger partial charge is 0.328 e. The highest BCUT2D eigenvalue weighted by molar-refractivity contribution is 6.08. The van der Waals surface area contributed by atoms with Crippen molar-refractivity contribution in [3.05, 3.63) is 60.1 Å². The van der Waals surface area contributed by atoms with Crippen molar-refractivity contribution in [1.82, 2.24) is 25.1 Å². The molecule has 0 radical (unpaired) electrons. The number of urea groups is 1. The van der Waals surface area contributed by atoms with E-state index in [2.05, 4.69) is 20.3 Å². The number of nitrogens with zero attached hydrogens (tertiary/aromatic N) is 6. The van der Waals surface area contributed by atoms with E-state index in [9.17, 15) is 14.4 Å².